The SMILES string of the molecule is COc1cc(OC)c(OC)cc1/C=C1\CCn2c1nc1cc(C(=O)O)ccc1c2=O. The number of hydrogen-bond donors (Lipinski definition) is 1. The summed E-state index contributed by atoms with van der Waals surface area (Å²) in [6.07, 6.45) is 2.51. The number of allylic oxidation sites excluding steroid dienone is 1. The molecule has 1 N–H and O–H groups in total. The fourth-order valence-corrected chi connectivity index (χ4v) is 3.64. The molecule has 0 saturated heterocycles. The van der Waals surface area contributed by atoms with Gasteiger partial charge in [-0.25, -0.2) is 9.78 Å². The van der Waals surface area contributed by atoms with Crippen LogP contribution in [0.2, 0.25) is 0 Å². The van der Waals surface area contributed by atoms with E-state index in [4.69, 9.17) is 14.2 Å². The third kappa shape index (κ3) is 3.16. The van der Waals surface area contributed by atoms with Crippen molar-refractivity contribution >= 4 is 28.5 Å². The first-order valence-corrected chi connectivity index (χ1v) is 9.25. The lowest BCUT2D eigenvalue weighted by Gasteiger charge is -2.13. The van der Waals surface area contributed by atoms with E-state index in [1.807, 2.05) is 6.08 Å². The summed E-state index contributed by atoms with van der Waals surface area (Å²) in [6, 6.07) is 7.89. The van der Waals surface area contributed by atoms with Gasteiger partial charge in [0.2, 0.25) is 0 Å². The summed E-state index contributed by atoms with van der Waals surface area (Å²) in [5.41, 5.74) is 1.87. The molecule has 8 nitrogen and oxygen atoms in total. The molecule has 154 valence electrons. The van der Waals surface area contributed by atoms with E-state index in [9.17, 15) is 14.7 Å². The summed E-state index contributed by atoms with van der Waals surface area (Å²) in [7, 11) is 4.67. The minimum Gasteiger partial charge on any atom is -0.496 e. The minimum atomic E-state index is -1.06. The van der Waals surface area contributed by atoms with Crippen LogP contribution in [-0.4, -0.2) is 42.0 Å². The molecule has 1 aliphatic rings. The van der Waals surface area contributed by atoms with Crippen LogP contribution >= 0.6 is 0 Å². The lowest BCUT2D eigenvalue weighted by Crippen LogP contribution is -2.21. The Bertz CT molecular complexity index is 1260. The van der Waals surface area contributed by atoms with E-state index in [2.05, 4.69) is 4.98 Å². The van der Waals surface area contributed by atoms with E-state index in [0.717, 1.165) is 11.1 Å². The van der Waals surface area contributed by atoms with E-state index < -0.39 is 5.97 Å². The molecular weight excluding hydrogens is 388 g/mol. The van der Waals surface area contributed by atoms with Gasteiger partial charge < -0.3 is 19.3 Å². The second-order valence-corrected chi connectivity index (χ2v) is 6.80. The third-order valence-electron chi connectivity index (χ3n) is 5.16. The molecule has 0 spiro atoms. The van der Waals surface area contributed by atoms with Crippen LogP contribution in [-0.2, 0) is 6.54 Å². The van der Waals surface area contributed by atoms with Crippen LogP contribution in [0.25, 0.3) is 22.6 Å². The van der Waals surface area contributed by atoms with Gasteiger partial charge in [-0.3, -0.25) is 9.36 Å². The van der Waals surface area contributed by atoms with Crippen molar-refractivity contribution in [2.24, 2.45) is 0 Å². The Kier molecular flexibility index (Phi) is 4.91. The summed E-state index contributed by atoms with van der Waals surface area (Å²) in [6.45, 7) is 0.499. The Morgan fingerprint density at radius 1 is 1.07 bits per heavy atom. The Morgan fingerprint density at radius 3 is 2.43 bits per heavy atom. The van der Waals surface area contributed by atoms with Crippen LogP contribution < -0.4 is 19.8 Å². The molecule has 30 heavy (non-hydrogen) atoms. The molecule has 0 radical (unpaired) electrons. The maximum absolute atomic E-state index is 12.9. The molecule has 0 saturated carbocycles. The van der Waals surface area contributed by atoms with E-state index in [1.165, 1.54) is 18.2 Å². The quantitative estimate of drug-likeness (QED) is 0.692. The molecule has 0 bridgehead atoms. The topological polar surface area (TPSA) is 99.9 Å². The normalized spacial score (nSPS) is 14.0. The van der Waals surface area contributed by atoms with Crippen LogP contribution in [0, 0.1) is 0 Å². The van der Waals surface area contributed by atoms with Crippen molar-refractivity contribution in [3.8, 4) is 17.2 Å². The zero-order valence-corrected chi connectivity index (χ0v) is 16.8. The van der Waals surface area contributed by atoms with E-state index in [1.54, 1.807) is 38.0 Å². The van der Waals surface area contributed by atoms with Gasteiger partial charge in [-0.1, -0.05) is 0 Å². The highest BCUT2D eigenvalue weighted by atomic mass is 16.5. The maximum atomic E-state index is 12.9. The largest absolute Gasteiger partial charge is 0.496 e. The highest BCUT2D eigenvalue weighted by molar-refractivity contribution is 5.93. The first-order chi connectivity index (χ1) is 14.5. The predicted molar refractivity (Wildman–Crippen MR) is 112 cm³/mol. The van der Waals surface area contributed by atoms with Crippen molar-refractivity contribution < 1.29 is 24.1 Å². The van der Waals surface area contributed by atoms with Crippen LogP contribution in [0.15, 0.2) is 35.1 Å². The molecule has 4 rings (SSSR count). The van der Waals surface area contributed by atoms with Gasteiger partial charge in [-0.05, 0) is 42.3 Å². The minimum absolute atomic E-state index is 0.0874. The number of fused-ring (bicyclic) bond motifs is 2. The van der Waals surface area contributed by atoms with Gasteiger partial charge in [0.25, 0.3) is 5.56 Å². The van der Waals surface area contributed by atoms with Crippen molar-refractivity contribution in [3.05, 3.63) is 57.6 Å². The number of carbonyl (C=O) groups is 1. The molecule has 0 amide bonds. The van der Waals surface area contributed by atoms with Gasteiger partial charge in [0, 0.05) is 18.2 Å². The Morgan fingerprint density at radius 2 is 1.77 bits per heavy atom. The number of aromatic carboxylic acids is 1. The molecule has 3 aromatic rings. The van der Waals surface area contributed by atoms with Gasteiger partial charge in [-0.15, -0.1) is 0 Å². The average molecular weight is 408 g/mol. The number of ether oxygens (including phenoxy) is 3. The van der Waals surface area contributed by atoms with Gasteiger partial charge in [0.15, 0.2) is 11.5 Å². The smallest absolute Gasteiger partial charge is 0.335 e. The molecule has 2 heterocycles. The number of aromatic nitrogens is 2. The fraction of sp³-hybridized carbons (Fsp3) is 0.227. The molecule has 0 atom stereocenters. The van der Waals surface area contributed by atoms with Crippen LogP contribution in [0.1, 0.15) is 28.2 Å². The number of carboxylic acid groups (broad SMARTS) is 1. The Balaban J connectivity index is 1.88. The predicted octanol–water partition coefficient (Wildman–Crippen LogP) is 3.06. The van der Waals surface area contributed by atoms with Gasteiger partial charge in [-0.2, -0.15) is 0 Å². The number of hydrogen-bond acceptors (Lipinski definition) is 6. The van der Waals surface area contributed by atoms with Crippen molar-refractivity contribution in [2.75, 3.05) is 21.3 Å². The second kappa shape index (κ2) is 7.55. The molecule has 1 aliphatic heterocycles. The maximum Gasteiger partial charge on any atom is 0.335 e. The zero-order chi connectivity index (χ0) is 21.4. The summed E-state index contributed by atoms with van der Waals surface area (Å²) < 4.78 is 17.8. The lowest BCUT2D eigenvalue weighted by atomic mass is 10.1. The number of methoxy groups -OCH3 is 3. The highest BCUT2D eigenvalue weighted by Gasteiger charge is 2.22. The average Bonchev–Trinajstić information content (AvgIpc) is 3.15. The Hall–Kier alpha value is -3.81. The third-order valence-corrected chi connectivity index (χ3v) is 5.16. The number of carboxylic acids is 1. The van der Waals surface area contributed by atoms with Gasteiger partial charge >= 0.3 is 5.97 Å². The van der Waals surface area contributed by atoms with Crippen molar-refractivity contribution in [1.29, 1.82) is 0 Å². The zero-order valence-electron chi connectivity index (χ0n) is 16.8. The Labute approximate surface area is 172 Å². The number of benzene rings is 2. The highest BCUT2D eigenvalue weighted by Crippen LogP contribution is 2.37. The van der Waals surface area contributed by atoms with Crippen molar-refractivity contribution in [1.82, 2.24) is 9.55 Å². The monoisotopic (exact) mass is 408 g/mol. The van der Waals surface area contributed by atoms with E-state index >= 15 is 0 Å². The number of nitrogens with zero attached hydrogens (tertiary/aromatic N) is 2. The second-order valence-electron chi connectivity index (χ2n) is 6.80. The molecule has 0 fully saturated rings. The molecule has 0 aliphatic carbocycles. The molecule has 8 heteroatoms. The summed E-state index contributed by atoms with van der Waals surface area (Å²) in [5, 5.41) is 9.64. The van der Waals surface area contributed by atoms with E-state index in [0.29, 0.717) is 46.9 Å². The molecule has 1 aromatic heterocycles. The molecular formula is C22H20N2O6. The molecule has 0 unspecified atom stereocenters. The summed E-state index contributed by atoms with van der Waals surface area (Å²) >= 11 is 0. The van der Waals surface area contributed by atoms with E-state index in [-0.39, 0.29) is 11.1 Å². The summed E-state index contributed by atoms with van der Waals surface area (Å²) in [4.78, 5) is 28.8. The van der Waals surface area contributed by atoms with Crippen LogP contribution in [0.3, 0.4) is 0 Å². The number of rotatable bonds is 5. The lowest BCUT2D eigenvalue weighted by molar-refractivity contribution is 0.0697. The first-order valence-electron chi connectivity index (χ1n) is 9.25. The van der Waals surface area contributed by atoms with Crippen LogP contribution in [0.4, 0.5) is 0 Å². The van der Waals surface area contributed by atoms with Crippen molar-refractivity contribution in [3.63, 3.8) is 0 Å². The van der Waals surface area contributed by atoms with Crippen molar-refractivity contribution in [2.45, 2.75) is 13.0 Å². The first kappa shape index (κ1) is 19.5. The van der Waals surface area contributed by atoms with Gasteiger partial charge in [0.1, 0.15) is 11.6 Å². The van der Waals surface area contributed by atoms with Gasteiger partial charge in [0.05, 0.1) is 37.8 Å². The summed E-state index contributed by atoms with van der Waals surface area (Å²) in [5.74, 6) is 1.15. The standard InChI is InChI=1S/C22H20N2O6/c1-28-17-11-19(30-3)18(29-2)10-14(17)8-12-6-7-24-20(12)23-16-9-13(22(26)27)4-5-15(16)21(24)25/h4-5,8-11H,6-7H2,1-3H3,(H,26,27)/b12-8+. The molecule has 2 aromatic carbocycles. The van der Waals surface area contributed by atoms with Crippen LogP contribution in [0.5, 0.6) is 17.2 Å². The fourth-order valence-electron chi connectivity index (χ4n) is 3.64.